The molecule has 0 unspecified atom stereocenters. The fourth-order valence-electron chi connectivity index (χ4n) is 0.354. The first-order chi connectivity index (χ1) is 7.41. The molecule has 0 bridgehead atoms. The normalized spacial score (nSPS) is 9.22. The minimum Gasteiger partial charge on any atom is -0.412 e. The van der Waals surface area contributed by atoms with E-state index in [4.69, 9.17) is 38.5 Å². The Bertz CT molecular complexity index is 170. The average Bonchev–Trinajstić information content (AvgIpc) is 2.03. The summed E-state index contributed by atoms with van der Waals surface area (Å²) in [4.78, 5) is 43.1. The lowest BCUT2D eigenvalue weighted by Crippen LogP contribution is -1.66. The molecule has 0 heterocycles. The Balaban J connectivity index is -0.0000000427. The highest BCUT2D eigenvalue weighted by atomic mass is 31.2. The molecule has 0 aromatic rings. The van der Waals surface area contributed by atoms with Crippen molar-refractivity contribution in [3.05, 3.63) is 0 Å². The average molecular weight is 316 g/mol. The number of unbranched alkanes of at least 4 members (excludes halogenated alkanes) is 2. The Kier molecular flexibility index (Phi) is 33.5. The molecular formula is C7H26O9P2. The van der Waals surface area contributed by atoms with Gasteiger partial charge in [0.15, 0.2) is 0 Å². The molecule has 0 aromatic heterocycles. The van der Waals surface area contributed by atoms with Crippen LogP contribution in [0.25, 0.3) is 0 Å². The summed E-state index contributed by atoms with van der Waals surface area (Å²) in [5.41, 5.74) is 0. The third kappa shape index (κ3) is 785. The van der Waals surface area contributed by atoms with Gasteiger partial charge in [-0.3, -0.25) is 0 Å². The molecule has 0 amide bonds. The second-order valence-corrected chi connectivity index (χ2v) is 4.43. The first kappa shape index (κ1) is 30.9. The number of rotatable bonds is 2. The van der Waals surface area contributed by atoms with Crippen LogP contribution >= 0.6 is 15.6 Å². The van der Waals surface area contributed by atoms with Crippen LogP contribution in [0, 0.1) is 0 Å². The van der Waals surface area contributed by atoms with Gasteiger partial charge in [-0.2, -0.15) is 0 Å². The van der Waals surface area contributed by atoms with Gasteiger partial charge in [-0.15, -0.1) is 0 Å². The molecule has 9 nitrogen and oxygen atoms in total. The summed E-state index contributed by atoms with van der Waals surface area (Å²) in [7, 11) is -9.28. The van der Waals surface area contributed by atoms with E-state index in [-0.39, 0.29) is 5.48 Å². The van der Waals surface area contributed by atoms with E-state index in [0.29, 0.717) is 0 Å². The van der Waals surface area contributed by atoms with Crippen LogP contribution in [0.5, 0.6) is 0 Å². The van der Waals surface area contributed by atoms with Crippen molar-refractivity contribution in [2.24, 2.45) is 0 Å². The zero-order chi connectivity index (χ0) is 15.1. The van der Waals surface area contributed by atoms with Crippen LogP contribution in [-0.4, -0.2) is 34.8 Å². The molecule has 18 heavy (non-hydrogen) atoms. The Morgan fingerprint density at radius 1 is 0.722 bits per heavy atom. The topological polar surface area (TPSA) is 187 Å². The standard InChI is InChI=1S/C5H12.C2H6.2H3O4P.H2O/c1-3-5-4-2;1-2;2*1-5(2,3)4;/h3-5H2,1-2H3;1-2H3;2*(H3,1,2,3,4);1H2. The lowest BCUT2D eigenvalue weighted by molar-refractivity contribution is 0.272. The van der Waals surface area contributed by atoms with Crippen LogP contribution in [0.3, 0.4) is 0 Å². The van der Waals surface area contributed by atoms with E-state index in [1.54, 1.807) is 0 Å². The molecule has 8 N–H and O–H groups in total. The molecule has 0 atom stereocenters. The van der Waals surface area contributed by atoms with Gasteiger partial charge in [-0.05, 0) is 0 Å². The van der Waals surface area contributed by atoms with Gasteiger partial charge in [0.2, 0.25) is 0 Å². The van der Waals surface area contributed by atoms with Crippen molar-refractivity contribution in [2.45, 2.75) is 47.0 Å². The second kappa shape index (κ2) is 19.5. The molecule has 0 aliphatic heterocycles. The highest BCUT2D eigenvalue weighted by Crippen LogP contribution is 2.26. The molecule has 0 aliphatic carbocycles. The summed E-state index contributed by atoms with van der Waals surface area (Å²) < 4.78 is 17.8. The monoisotopic (exact) mass is 316 g/mol. The van der Waals surface area contributed by atoms with Gasteiger partial charge in [-0.1, -0.05) is 47.0 Å². The highest BCUT2D eigenvalue weighted by Gasteiger charge is 2.00. The molecule has 0 saturated heterocycles. The van der Waals surface area contributed by atoms with Crippen molar-refractivity contribution in [2.75, 3.05) is 0 Å². The van der Waals surface area contributed by atoms with Gasteiger partial charge < -0.3 is 34.8 Å². The fraction of sp³-hybridized carbons (Fsp3) is 1.00. The van der Waals surface area contributed by atoms with Gasteiger partial charge in [-0.25, -0.2) is 9.13 Å². The van der Waals surface area contributed by atoms with Gasteiger partial charge in [0.25, 0.3) is 0 Å². The molecule has 0 aliphatic rings. The largest absolute Gasteiger partial charge is 0.466 e. The molecule has 0 spiro atoms. The first-order valence-electron chi connectivity index (χ1n) is 4.98. The molecule has 0 radical (unpaired) electrons. The Labute approximate surface area is 107 Å². The van der Waals surface area contributed by atoms with Crippen LogP contribution in [0.15, 0.2) is 0 Å². The highest BCUT2D eigenvalue weighted by molar-refractivity contribution is 7.45. The van der Waals surface area contributed by atoms with E-state index in [1.165, 1.54) is 19.3 Å². The Morgan fingerprint density at radius 3 is 0.833 bits per heavy atom. The van der Waals surface area contributed by atoms with Crippen LogP contribution < -0.4 is 0 Å². The molecule has 118 valence electrons. The third-order valence-corrected chi connectivity index (χ3v) is 0.707. The number of phosphoric acid groups is 2. The molecule has 0 rings (SSSR count). The maximum atomic E-state index is 8.88. The number of hydrogen-bond acceptors (Lipinski definition) is 2. The molecule has 0 fully saturated rings. The van der Waals surface area contributed by atoms with Crippen molar-refractivity contribution in [1.82, 2.24) is 0 Å². The summed E-state index contributed by atoms with van der Waals surface area (Å²) in [5.74, 6) is 0. The van der Waals surface area contributed by atoms with Crippen molar-refractivity contribution in [1.29, 1.82) is 0 Å². The smallest absolute Gasteiger partial charge is 0.412 e. The lowest BCUT2D eigenvalue weighted by Gasteiger charge is -1.82. The molecule has 0 saturated carbocycles. The summed E-state index contributed by atoms with van der Waals surface area (Å²) in [6, 6.07) is 0. The number of hydrogen-bond donors (Lipinski definition) is 6. The van der Waals surface area contributed by atoms with Crippen molar-refractivity contribution in [3.63, 3.8) is 0 Å². The fourth-order valence-corrected chi connectivity index (χ4v) is 0.354. The van der Waals surface area contributed by atoms with Crippen molar-refractivity contribution in [3.8, 4) is 0 Å². The van der Waals surface area contributed by atoms with E-state index in [0.717, 1.165) is 0 Å². The second-order valence-electron chi connectivity index (χ2n) is 2.38. The molecule has 0 aromatic carbocycles. The maximum Gasteiger partial charge on any atom is 0.466 e. The molecule has 11 heteroatoms. The zero-order valence-corrected chi connectivity index (χ0v) is 12.8. The van der Waals surface area contributed by atoms with Crippen LogP contribution in [0.2, 0.25) is 0 Å². The van der Waals surface area contributed by atoms with Crippen molar-refractivity contribution < 1.29 is 44.0 Å². The lowest BCUT2D eigenvalue weighted by atomic mass is 10.3. The zero-order valence-electron chi connectivity index (χ0n) is 11.0. The van der Waals surface area contributed by atoms with Gasteiger partial charge in [0.1, 0.15) is 0 Å². The summed E-state index contributed by atoms with van der Waals surface area (Å²) >= 11 is 0. The van der Waals surface area contributed by atoms with E-state index >= 15 is 0 Å². The van der Waals surface area contributed by atoms with Gasteiger partial charge in [0.05, 0.1) is 0 Å². The Morgan fingerprint density at radius 2 is 0.833 bits per heavy atom. The van der Waals surface area contributed by atoms with E-state index in [2.05, 4.69) is 13.8 Å². The van der Waals surface area contributed by atoms with E-state index in [9.17, 15) is 0 Å². The predicted octanol–water partition coefficient (Wildman–Crippen LogP) is 0.541. The van der Waals surface area contributed by atoms with E-state index < -0.39 is 15.6 Å². The van der Waals surface area contributed by atoms with E-state index in [1.807, 2.05) is 13.8 Å². The van der Waals surface area contributed by atoms with Crippen LogP contribution in [0.4, 0.5) is 0 Å². The minimum absolute atomic E-state index is 0. The van der Waals surface area contributed by atoms with Crippen LogP contribution in [0.1, 0.15) is 47.0 Å². The van der Waals surface area contributed by atoms with Gasteiger partial charge >= 0.3 is 15.6 Å². The van der Waals surface area contributed by atoms with Crippen LogP contribution in [-0.2, 0) is 9.13 Å². The van der Waals surface area contributed by atoms with Gasteiger partial charge in [0, 0.05) is 0 Å². The predicted molar refractivity (Wildman–Crippen MR) is 68.7 cm³/mol. The summed E-state index contributed by atoms with van der Waals surface area (Å²) in [6.45, 7) is 8.42. The quantitative estimate of drug-likeness (QED) is 0.398. The minimum atomic E-state index is -4.64. The SMILES string of the molecule is CC.CCCCC.O.O=P(O)(O)O.O=P(O)(O)O. The summed E-state index contributed by atoms with van der Waals surface area (Å²) in [6.07, 6.45) is 4.08. The molecular weight excluding hydrogens is 290 g/mol. The first-order valence-corrected chi connectivity index (χ1v) is 8.11. The Hall–Kier alpha value is 0.180. The van der Waals surface area contributed by atoms with Crippen molar-refractivity contribution >= 4 is 15.6 Å². The summed E-state index contributed by atoms with van der Waals surface area (Å²) in [5, 5.41) is 0. The maximum absolute atomic E-state index is 8.88. The third-order valence-electron chi connectivity index (χ3n) is 0.707.